The highest BCUT2D eigenvalue weighted by Crippen LogP contribution is 2.24. The van der Waals surface area contributed by atoms with Crippen LogP contribution in [0.25, 0.3) is 0 Å². The van der Waals surface area contributed by atoms with Crippen molar-refractivity contribution in [1.82, 2.24) is 15.2 Å². The van der Waals surface area contributed by atoms with Crippen LogP contribution in [0, 0.1) is 5.82 Å². The lowest BCUT2D eigenvalue weighted by Gasteiger charge is -2.15. The lowest BCUT2D eigenvalue weighted by atomic mass is 10.2. The number of rotatable bonds is 6. The molecule has 1 rings (SSSR count). The van der Waals surface area contributed by atoms with Gasteiger partial charge < -0.3 is 5.32 Å². The molecule has 1 aromatic carbocycles. The number of nitrogens with one attached hydrogen (secondary N) is 2. The van der Waals surface area contributed by atoms with E-state index in [0.717, 1.165) is 0 Å². The van der Waals surface area contributed by atoms with E-state index in [1.165, 1.54) is 25.2 Å². The lowest BCUT2D eigenvalue weighted by molar-refractivity contribution is 0.362. The molecule has 1 aromatic rings. The van der Waals surface area contributed by atoms with Crippen LogP contribution in [0.1, 0.15) is 19.4 Å². The Hall–Kier alpha value is -0.540. The van der Waals surface area contributed by atoms with Crippen molar-refractivity contribution in [2.24, 2.45) is 0 Å². The molecule has 0 saturated carbocycles. The maximum atomic E-state index is 14.4. The van der Waals surface area contributed by atoms with Gasteiger partial charge in [-0.05, 0) is 12.1 Å². The van der Waals surface area contributed by atoms with Crippen LogP contribution in [0.4, 0.5) is 4.39 Å². The van der Waals surface area contributed by atoms with E-state index in [1.807, 2.05) is 13.8 Å². The number of sulfonamides is 1. The molecular formula is C12H19BrFN3O2S. The van der Waals surface area contributed by atoms with E-state index in [2.05, 4.69) is 26.1 Å². The molecule has 0 bridgehead atoms. The Balaban J connectivity index is 3.21. The summed E-state index contributed by atoms with van der Waals surface area (Å²) in [5, 5.41) is 4.31. The van der Waals surface area contributed by atoms with Gasteiger partial charge in [0.15, 0.2) is 0 Å². The Morgan fingerprint density at radius 2 is 1.95 bits per heavy atom. The highest BCUT2D eigenvalue weighted by Gasteiger charge is 2.23. The number of benzene rings is 1. The average Bonchev–Trinajstić information content (AvgIpc) is 2.27. The summed E-state index contributed by atoms with van der Waals surface area (Å²) in [6.07, 6.45) is 0. The van der Waals surface area contributed by atoms with Gasteiger partial charge in [0.2, 0.25) is 0 Å². The fourth-order valence-electron chi connectivity index (χ4n) is 1.55. The average molecular weight is 368 g/mol. The van der Waals surface area contributed by atoms with Gasteiger partial charge in [-0.3, -0.25) is 0 Å². The highest BCUT2D eigenvalue weighted by atomic mass is 79.9. The van der Waals surface area contributed by atoms with Crippen molar-refractivity contribution in [3.63, 3.8) is 0 Å². The van der Waals surface area contributed by atoms with Gasteiger partial charge in [0.1, 0.15) is 10.7 Å². The summed E-state index contributed by atoms with van der Waals surface area (Å²) in [4.78, 5) is 1.85. The first-order valence-electron chi connectivity index (χ1n) is 6.04. The van der Waals surface area contributed by atoms with Gasteiger partial charge in [0.25, 0.3) is 10.0 Å². The topological polar surface area (TPSA) is 61.4 Å². The number of halogens is 2. The summed E-state index contributed by atoms with van der Waals surface area (Å²) < 4.78 is 39.0. The molecule has 20 heavy (non-hydrogen) atoms. The summed E-state index contributed by atoms with van der Waals surface area (Å²) in [5.41, 5.74) is 0.298. The Bertz CT molecular complexity index is 576. The third kappa shape index (κ3) is 4.78. The zero-order valence-corrected chi connectivity index (χ0v) is 14.3. The van der Waals surface area contributed by atoms with E-state index < -0.39 is 15.8 Å². The van der Waals surface area contributed by atoms with Gasteiger partial charge in [-0.2, -0.15) is 0 Å². The van der Waals surface area contributed by atoms with Crippen LogP contribution in [0.5, 0.6) is 0 Å². The van der Waals surface area contributed by atoms with E-state index in [0.29, 0.717) is 10.0 Å². The fourth-order valence-corrected chi connectivity index (χ4v) is 3.43. The first kappa shape index (κ1) is 17.5. The van der Waals surface area contributed by atoms with Crippen molar-refractivity contribution in [3.05, 3.63) is 28.0 Å². The lowest BCUT2D eigenvalue weighted by Crippen LogP contribution is -2.36. The Morgan fingerprint density at radius 3 is 2.45 bits per heavy atom. The van der Waals surface area contributed by atoms with Crippen LogP contribution in [-0.2, 0) is 16.6 Å². The number of nitrogens with zero attached hydrogens (tertiary/aromatic N) is 1. The second-order valence-corrected chi connectivity index (χ2v) is 7.45. The molecule has 0 aliphatic rings. The molecule has 2 N–H and O–H groups in total. The maximum absolute atomic E-state index is 14.4. The number of hydrogen-bond donors (Lipinski definition) is 2. The van der Waals surface area contributed by atoms with Gasteiger partial charge in [-0.15, -0.1) is 4.83 Å². The van der Waals surface area contributed by atoms with E-state index in [1.54, 1.807) is 6.07 Å². The summed E-state index contributed by atoms with van der Waals surface area (Å²) in [5.74, 6) is -0.740. The van der Waals surface area contributed by atoms with Crippen molar-refractivity contribution < 1.29 is 12.8 Å². The molecule has 0 aliphatic carbocycles. The smallest absolute Gasteiger partial charge is 0.256 e. The molecule has 5 nitrogen and oxygen atoms in total. The molecule has 0 saturated heterocycles. The van der Waals surface area contributed by atoms with Crippen LogP contribution < -0.4 is 10.1 Å². The van der Waals surface area contributed by atoms with Gasteiger partial charge in [0, 0.05) is 36.7 Å². The minimum absolute atomic E-state index is 0.174. The molecule has 0 atom stereocenters. The van der Waals surface area contributed by atoms with E-state index >= 15 is 0 Å². The van der Waals surface area contributed by atoms with Gasteiger partial charge >= 0.3 is 0 Å². The maximum Gasteiger partial charge on any atom is 0.256 e. The molecular weight excluding hydrogens is 349 g/mol. The van der Waals surface area contributed by atoms with E-state index in [9.17, 15) is 12.8 Å². The zero-order chi connectivity index (χ0) is 15.5. The minimum Gasteiger partial charge on any atom is -0.310 e. The van der Waals surface area contributed by atoms with Crippen LogP contribution >= 0.6 is 15.9 Å². The second-order valence-electron chi connectivity index (χ2n) is 4.90. The van der Waals surface area contributed by atoms with E-state index in [4.69, 9.17) is 0 Å². The normalized spacial score (nSPS) is 12.4. The third-order valence-corrected chi connectivity index (χ3v) is 4.31. The van der Waals surface area contributed by atoms with Crippen molar-refractivity contribution in [1.29, 1.82) is 0 Å². The molecule has 0 aliphatic heterocycles. The predicted octanol–water partition coefficient (Wildman–Crippen LogP) is 1.84. The third-order valence-electron chi connectivity index (χ3n) is 2.37. The SMILES string of the molecule is CC(C)NCc1cc(Br)cc(S(=O)(=O)NN(C)C)c1F. The molecule has 0 heterocycles. The molecule has 0 amide bonds. The standard InChI is InChI=1S/C12H19BrFN3O2S/c1-8(2)15-7-9-5-10(13)6-11(12(9)14)20(18,19)16-17(3)4/h5-6,8,15-16H,7H2,1-4H3. The van der Waals surface area contributed by atoms with Crippen LogP contribution in [0.3, 0.4) is 0 Å². The molecule has 114 valence electrons. The Kier molecular flexibility index (Phi) is 6.08. The molecule has 8 heteroatoms. The van der Waals surface area contributed by atoms with E-state index in [-0.39, 0.29) is 17.5 Å². The number of hydrogen-bond acceptors (Lipinski definition) is 4. The van der Waals surface area contributed by atoms with Crippen LogP contribution in [0.15, 0.2) is 21.5 Å². The van der Waals surface area contributed by atoms with Crippen molar-refractivity contribution >= 4 is 26.0 Å². The summed E-state index contributed by atoms with van der Waals surface area (Å²) >= 11 is 3.21. The monoisotopic (exact) mass is 367 g/mol. The van der Waals surface area contributed by atoms with Crippen LogP contribution in [-0.4, -0.2) is 33.6 Å². The van der Waals surface area contributed by atoms with Gasteiger partial charge in [-0.1, -0.05) is 29.8 Å². The molecule has 0 radical (unpaired) electrons. The molecule has 0 unspecified atom stereocenters. The largest absolute Gasteiger partial charge is 0.310 e. The first-order valence-corrected chi connectivity index (χ1v) is 8.32. The quantitative estimate of drug-likeness (QED) is 0.753. The summed E-state index contributed by atoms with van der Waals surface area (Å²) in [6, 6.07) is 2.99. The summed E-state index contributed by atoms with van der Waals surface area (Å²) in [6.45, 7) is 4.12. The Morgan fingerprint density at radius 1 is 1.35 bits per heavy atom. The van der Waals surface area contributed by atoms with Crippen molar-refractivity contribution in [2.75, 3.05) is 14.1 Å². The van der Waals surface area contributed by atoms with Crippen molar-refractivity contribution in [3.8, 4) is 0 Å². The zero-order valence-electron chi connectivity index (χ0n) is 11.9. The minimum atomic E-state index is -3.93. The highest BCUT2D eigenvalue weighted by molar-refractivity contribution is 9.10. The molecule has 0 fully saturated rings. The second kappa shape index (κ2) is 6.95. The predicted molar refractivity (Wildman–Crippen MR) is 80.1 cm³/mol. The van der Waals surface area contributed by atoms with Crippen LogP contribution in [0.2, 0.25) is 0 Å². The fraction of sp³-hybridized carbons (Fsp3) is 0.500. The van der Waals surface area contributed by atoms with Crippen molar-refractivity contribution in [2.45, 2.75) is 31.3 Å². The Labute approximate surface area is 127 Å². The summed E-state index contributed by atoms with van der Waals surface area (Å²) in [7, 11) is -0.886. The molecule has 0 spiro atoms. The number of hydrazine groups is 1. The van der Waals surface area contributed by atoms with Gasteiger partial charge in [0.05, 0.1) is 0 Å². The first-order chi connectivity index (χ1) is 9.13. The molecule has 0 aromatic heterocycles. The van der Waals surface area contributed by atoms with Gasteiger partial charge in [-0.25, -0.2) is 17.8 Å².